The van der Waals surface area contributed by atoms with Crippen LogP contribution < -0.4 is 15.4 Å². The fourth-order valence-electron chi connectivity index (χ4n) is 2.16. The maximum absolute atomic E-state index is 11.8. The number of nitrogens with zero attached hydrogens (tertiary/aromatic N) is 1. The Morgan fingerprint density at radius 3 is 2.56 bits per heavy atom. The zero-order chi connectivity index (χ0) is 18.3. The van der Waals surface area contributed by atoms with Crippen molar-refractivity contribution in [3.63, 3.8) is 0 Å². The summed E-state index contributed by atoms with van der Waals surface area (Å²) >= 11 is 5.89. The number of nitrogens with one attached hydrogen (secondary N) is 2. The molecule has 2 amide bonds. The van der Waals surface area contributed by atoms with Gasteiger partial charge < -0.3 is 15.4 Å². The Labute approximate surface area is 153 Å². The highest BCUT2D eigenvalue weighted by atomic mass is 35.5. The first-order valence-electron chi connectivity index (χ1n) is 8.25. The van der Waals surface area contributed by atoms with E-state index in [0.29, 0.717) is 25.3 Å². The van der Waals surface area contributed by atoms with Crippen LogP contribution in [0.4, 0.5) is 10.5 Å². The lowest BCUT2D eigenvalue weighted by Gasteiger charge is -2.19. The van der Waals surface area contributed by atoms with E-state index in [2.05, 4.69) is 48.5 Å². The van der Waals surface area contributed by atoms with Crippen molar-refractivity contribution in [2.75, 3.05) is 18.5 Å². The van der Waals surface area contributed by atoms with Crippen LogP contribution in [0.15, 0.2) is 42.6 Å². The van der Waals surface area contributed by atoms with E-state index >= 15 is 0 Å². The maximum Gasteiger partial charge on any atom is 0.319 e. The summed E-state index contributed by atoms with van der Waals surface area (Å²) in [5, 5.41) is 5.67. The molecule has 25 heavy (non-hydrogen) atoms. The zero-order valence-electron chi connectivity index (χ0n) is 14.8. The van der Waals surface area contributed by atoms with Gasteiger partial charge in [0.05, 0.1) is 12.3 Å². The summed E-state index contributed by atoms with van der Waals surface area (Å²) in [5.74, 6) is 0.833. The van der Waals surface area contributed by atoms with Crippen LogP contribution in [0.2, 0.25) is 5.15 Å². The predicted molar refractivity (Wildman–Crippen MR) is 102 cm³/mol. The molecule has 5 nitrogen and oxygen atoms in total. The van der Waals surface area contributed by atoms with Gasteiger partial charge in [0.1, 0.15) is 5.75 Å². The summed E-state index contributed by atoms with van der Waals surface area (Å²) in [6.45, 7) is 7.57. The van der Waals surface area contributed by atoms with Gasteiger partial charge in [0, 0.05) is 12.7 Å². The number of benzene rings is 1. The van der Waals surface area contributed by atoms with Crippen LogP contribution in [-0.4, -0.2) is 24.2 Å². The van der Waals surface area contributed by atoms with Crippen LogP contribution >= 0.6 is 11.6 Å². The Balaban J connectivity index is 1.66. The van der Waals surface area contributed by atoms with Crippen LogP contribution in [0.25, 0.3) is 0 Å². The largest absolute Gasteiger partial charge is 0.494 e. The van der Waals surface area contributed by atoms with Gasteiger partial charge in [-0.05, 0) is 41.7 Å². The Morgan fingerprint density at radius 1 is 1.20 bits per heavy atom. The quantitative estimate of drug-likeness (QED) is 0.582. The lowest BCUT2D eigenvalue weighted by atomic mass is 9.87. The molecular formula is C19H24ClN3O2. The fraction of sp³-hybridized carbons (Fsp3) is 0.368. The lowest BCUT2D eigenvalue weighted by Crippen LogP contribution is -2.30. The Morgan fingerprint density at radius 2 is 1.92 bits per heavy atom. The van der Waals surface area contributed by atoms with Crippen molar-refractivity contribution in [3.05, 3.63) is 53.3 Å². The van der Waals surface area contributed by atoms with E-state index in [1.54, 1.807) is 18.3 Å². The van der Waals surface area contributed by atoms with Crippen LogP contribution in [0.3, 0.4) is 0 Å². The predicted octanol–water partition coefficient (Wildman–Crippen LogP) is 4.62. The van der Waals surface area contributed by atoms with Gasteiger partial charge in [-0.3, -0.25) is 0 Å². The molecule has 0 unspecified atom stereocenters. The molecule has 0 fully saturated rings. The molecule has 0 atom stereocenters. The SMILES string of the molecule is CC(C)(C)c1ccc(OCCCNC(=O)Nc2cccnc2Cl)cc1. The van der Waals surface area contributed by atoms with E-state index in [1.807, 2.05) is 12.1 Å². The van der Waals surface area contributed by atoms with E-state index < -0.39 is 0 Å². The van der Waals surface area contributed by atoms with Crippen molar-refractivity contribution in [2.24, 2.45) is 0 Å². The average molecular weight is 362 g/mol. The van der Waals surface area contributed by atoms with Crippen LogP contribution in [0.1, 0.15) is 32.8 Å². The number of rotatable bonds is 6. The third-order valence-electron chi connectivity index (χ3n) is 3.60. The smallest absolute Gasteiger partial charge is 0.319 e. The number of aromatic nitrogens is 1. The summed E-state index contributed by atoms with van der Waals surface area (Å²) in [5.41, 5.74) is 1.89. The summed E-state index contributed by atoms with van der Waals surface area (Å²) in [6, 6.07) is 11.2. The molecule has 0 bridgehead atoms. The van der Waals surface area contributed by atoms with Crippen molar-refractivity contribution in [1.82, 2.24) is 10.3 Å². The summed E-state index contributed by atoms with van der Waals surface area (Å²) in [4.78, 5) is 15.7. The molecule has 2 N–H and O–H groups in total. The van der Waals surface area contributed by atoms with Crippen molar-refractivity contribution >= 4 is 23.3 Å². The van der Waals surface area contributed by atoms with E-state index in [4.69, 9.17) is 16.3 Å². The highest BCUT2D eigenvalue weighted by molar-refractivity contribution is 6.32. The van der Waals surface area contributed by atoms with Crippen LogP contribution in [0, 0.1) is 0 Å². The van der Waals surface area contributed by atoms with Crippen molar-refractivity contribution < 1.29 is 9.53 Å². The third-order valence-corrected chi connectivity index (χ3v) is 3.90. The Kier molecular flexibility index (Phi) is 6.65. The van der Waals surface area contributed by atoms with Gasteiger partial charge in [0.2, 0.25) is 0 Å². The Hall–Kier alpha value is -2.27. The first kappa shape index (κ1) is 19.1. The van der Waals surface area contributed by atoms with Crippen molar-refractivity contribution in [3.8, 4) is 5.75 Å². The van der Waals surface area contributed by atoms with E-state index in [1.165, 1.54) is 5.56 Å². The highest BCUT2D eigenvalue weighted by Gasteiger charge is 2.12. The lowest BCUT2D eigenvalue weighted by molar-refractivity contribution is 0.250. The molecule has 134 valence electrons. The van der Waals surface area contributed by atoms with E-state index in [9.17, 15) is 4.79 Å². The minimum absolute atomic E-state index is 0.132. The molecular weight excluding hydrogens is 338 g/mol. The minimum Gasteiger partial charge on any atom is -0.494 e. The molecule has 6 heteroatoms. The topological polar surface area (TPSA) is 63.2 Å². The number of carbonyl (C=O) groups excluding carboxylic acids is 1. The summed E-state index contributed by atoms with van der Waals surface area (Å²) in [7, 11) is 0. The molecule has 0 aliphatic carbocycles. The molecule has 1 aromatic heterocycles. The maximum atomic E-state index is 11.8. The number of ether oxygens (including phenoxy) is 1. The molecule has 0 radical (unpaired) electrons. The average Bonchev–Trinajstić information content (AvgIpc) is 2.56. The number of halogens is 1. The normalized spacial score (nSPS) is 11.0. The van der Waals surface area contributed by atoms with Crippen LogP contribution in [-0.2, 0) is 5.41 Å². The van der Waals surface area contributed by atoms with E-state index in [0.717, 1.165) is 5.75 Å². The minimum atomic E-state index is -0.315. The van der Waals surface area contributed by atoms with Gasteiger partial charge >= 0.3 is 6.03 Å². The first-order chi connectivity index (χ1) is 11.9. The standard InChI is InChI=1S/C19H24ClN3O2/c1-19(2,3)14-7-9-15(10-8-14)25-13-5-12-22-18(24)23-16-6-4-11-21-17(16)20/h4,6-11H,5,12-13H2,1-3H3,(H2,22,23,24). The third kappa shape index (κ3) is 6.27. The van der Waals surface area contributed by atoms with Crippen molar-refractivity contribution in [2.45, 2.75) is 32.6 Å². The zero-order valence-corrected chi connectivity index (χ0v) is 15.6. The summed E-state index contributed by atoms with van der Waals surface area (Å²) < 4.78 is 5.69. The summed E-state index contributed by atoms with van der Waals surface area (Å²) in [6.07, 6.45) is 2.27. The van der Waals surface area contributed by atoms with E-state index in [-0.39, 0.29) is 16.6 Å². The van der Waals surface area contributed by atoms with Crippen molar-refractivity contribution in [1.29, 1.82) is 0 Å². The molecule has 2 aromatic rings. The second-order valence-corrected chi connectivity index (χ2v) is 7.06. The first-order valence-corrected chi connectivity index (χ1v) is 8.63. The number of anilines is 1. The molecule has 0 aliphatic rings. The number of urea groups is 1. The van der Waals surface area contributed by atoms with Gasteiger partial charge in [-0.25, -0.2) is 9.78 Å². The number of amides is 2. The molecule has 0 saturated heterocycles. The molecule has 0 spiro atoms. The molecule has 0 saturated carbocycles. The molecule has 2 rings (SSSR count). The second kappa shape index (κ2) is 8.72. The Bertz CT molecular complexity index is 697. The van der Waals surface area contributed by atoms with Gasteiger partial charge in [0.15, 0.2) is 5.15 Å². The monoisotopic (exact) mass is 361 g/mol. The number of hydrogen-bond donors (Lipinski definition) is 2. The molecule has 1 heterocycles. The van der Waals surface area contributed by atoms with Gasteiger partial charge in [-0.1, -0.05) is 44.5 Å². The number of carbonyl (C=O) groups is 1. The fourth-order valence-corrected chi connectivity index (χ4v) is 2.33. The van der Waals surface area contributed by atoms with Crippen LogP contribution in [0.5, 0.6) is 5.75 Å². The number of hydrogen-bond acceptors (Lipinski definition) is 3. The highest BCUT2D eigenvalue weighted by Crippen LogP contribution is 2.24. The molecule has 1 aromatic carbocycles. The van der Waals surface area contributed by atoms with Gasteiger partial charge in [-0.2, -0.15) is 0 Å². The van der Waals surface area contributed by atoms with Gasteiger partial charge in [0.25, 0.3) is 0 Å². The number of pyridine rings is 1. The van der Waals surface area contributed by atoms with Gasteiger partial charge in [-0.15, -0.1) is 0 Å². The molecule has 0 aliphatic heterocycles. The second-order valence-electron chi connectivity index (χ2n) is 6.70.